The molecule has 5 aromatic carbocycles. The molecular formula is C34H21N5S. The van der Waals surface area contributed by atoms with Gasteiger partial charge >= 0.3 is 0 Å². The van der Waals surface area contributed by atoms with Gasteiger partial charge in [-0.25, -0.2) is 9.97 Å². The molecule has 0 aliphatic carbocycles. The molecule has 188 valence electrons. The Morgan fingerprint density at radius 2 is 1.12 bits per heavy atom. The van der Waals surface area contributed by atoms with Gasteiger partial charge in [0.2, 0.25) is 5.95 Å². The highest BCUT2D eigenvalue weighted by Crippen LogP contribution is 2.33. The molecule has 0 bridgehead atoms. The van der Waals surface area contributed by atoms with Crippen LogP contribution in [0, 0.1) is 0 Å². The highest BCUT2D eigenvalue weighted by atomic mass is 32.1. The molecule has 0 unspecified atom stereocenters. The Hall–Kier alpha value is -5.20. The predicted molar refractivity (Wildman–Crippen MR) is 164 cm³/mol. The molecule has 0 saturated heterocycles. The van der Waals surface area contributed by atoms with Crippen LogP contribution in [0.15, 0.2) is 127 Å². The Labute approximate surface area is 234 Å². The van der Waals surface area contributed by atoms with Gasteiger partial charge < -0.3 is 0 Å². The summed E-state index contributed by atoms with van der Waals surface area (Å²) in [6.45, 7) is 0. The van der Waals surface area contributed by atoms with E-state index in [4.69, 9.17) is 15.0 Å². The Balaban J connectivity index is 1.40. The fourth-order valence-electron chi connectivity index (χ4n) is 5.32. The average molecular weight is 532 g/mol. The lowest BCUT2D eigenvalue weighted by molar-refractivity contribution is 0.954. The van der Waals surface area contributed by atoms with Gasteiger partial charge in [0.05, 0.1) is 26.8 Å². The summed E-state index contributed by atoms with van der Waals surface area (Å²) < 4.78 is 3.25. The number of rotatable bonds is 4. The molecule has 0 aliphatic rings. The second kappa shape index (κ2) is 9.22. The largest absolute Gasteiger partial charge is 0.278 e. The van der Waals surface area contributed by atoms with E-state index in [1.807, 2.05) is 23.7 Å². The minimum absolute atomic E-state index is 0.590. The van der Waals surface area contributed by atoms with E-state index in [0.29, 0.717) is 17.6 Å². The van der Waals surface area contributed by atoms with Crippen LogP contribution in [0.4, 0.5) is 0 Å². The Morgan fingerprint density at radius 1 is 0.500 bits per heavy atom. The van der Waals surface area contributed by atoms with Crippen LogP contribution in [-0.4, -0.2) is 24.5 Å². The summed E-state index contributed by atoms with van der Waals surface area (Å²) in [5.74, 6) is 1.85. The summed E-state index contributed by atoms with van der Waals surface area (Å²) in [5.41, 5.74) is 9.09. The lowest BCUT2D eigenvalue weighted by atomic mass is 10.0. The van der Waals surface area contributed by atoms with Crippen LogP contribution in [0.1, 0.15) is 0 Å². The van der Waals surface area contributed by atoms with E-state index in [1.54, 1.807) is 11.3 Å². The summed E-state index contributed by atoms with van der Waals surface area (Å²) in [5, 5.41) is 2.33. The van der Waals surface area contributed by atoms with E-state index in [-0.39, 0.29) is 0 Å². The van der Waals surface area contributed by atoms with E-state index in [9.17, 15) is 0 Å². The SMILES string of the molecule is c1ccc(-c2cccc(-c3nc(-c4ccc5ncsc5c4)nc(-n4c5ccccc5c5ccccc54)n3)c2)cc1. The van der Waals surface area contributed by atoms with Crippen molar-refractivity contribution in [1.29, 1.82) is 0 Å². The zero-order valence-electron chi connectivity index (χ0n) is 21.3. The van der Waals surface area contributed by atoms with Crippen LogP contribution in [-0.2, 0) is 0 Å². The third kappa shape index (κ3) is 3.77. The minimum atomic E-state index is 0.590. The molecule has 0 aliphatic heterocycles. The van der Waals surface area contributed by atoms with Crippen molar-refractivity contribution in [2.75, 3.05) is 0 Å². The molecule has 6 heteroatoms. The Morgan fingerprint density at radius 3 is 1.88 bits per heavy atom. The molecule has 5 nitrogen and oxygen atoms in total. The van der Waals surface area contributed by atoms with Gasteiger partial charge in [0.25, 0.3) is 0 Å². The van der Waals surface area contributed by atoms with Crippen molar-refractivity contribution in [2.45, 2.75) is 0 Å². The van der Waals surface area contributed by atoms with E-state index < -0.39 is 0 Å². The molecule has 0 radical (unpaired) electrons. The van der Waals surface area contributed by atoms with Gasteiger partial charge in [-0.2, -0.15) is 9.97 Å². The molecule has 3 aromatic heterocycles. The molecular weight excluding hydrogens is 510 g/mol. The topological polar surface area (TPSA) is 56.5 Å². The number of hydrogen-bond acceptors (Lipinski definition) is 5. The zero-order valence-corrected chi connectivity index (χ0v) is 22.1. The second-order valence-electron chi connectivity index (χ2n) is 9.63. The van der Waals surface area contributed by atoms with Crippen LogP contribution < -0.4 is 0 Å². The fraction of sp³-hybridized carbons (Fsp3) is 0. The Kier molecular flexibility index (Phi) is 5.24. The van der Waals surface area contributed by atoms with Crippen LogP contribution in [0.2, 0.25) is 0 Å². The number of para-hydroxylation sites is 2. The number of hydrogen-bond donors (Lipinski definition) is 0. The number of thiazole rings is 1. The number of aromatic nitrogens is 5. The van der Waals surface area contributed by atoms with Crippen LogP contribution in [0.25, 0.3) is 71.9 Å². The molecule has 8 aromatic rings. The van der Waals surface area contributed by atoms with Crippen molar-refractivity contribution < 1.29 is 0 Å². The van der Waals surface area contributed by atoms with E-state index in [2.05, 4.69) is 113 Å². The first-order chi connectivity index (χ1) is 19.8. The normalized spacial score (nSPS) is 11.5. The molecule has 0 fully saturated rings. The summed E-state index contributed by atoms with van der Waals surface area (Å²) in [7, 11) is 0. The quantitative estimate of drug-likeness (QED) is 0.228. The van der Waals surface area contributed by atoms with Gasteiger partial charge in [-0.3, -0.25) is 4.57 Å². The van der Waals surface area contributed by atoms with Crippen molar-refractivity contribution in [3.8, 4) is 39.9 Å². The summed E-state index contributed by atoms with van der Waals surface area (Å²) in [6.07, 6.45) is 0. The van der Waals surface area contributed by atoms with Crippen LogP contribution in [0.3, 0.4) is 0 Å². The van der Waals surface area contributed by atoms with Gasteiger partial charge in [-0.1, -0.05) is 84.9 Å². The maximum absolute atomic E-state index is 5.09. The van der Waals surface area contributed by atoms with E-state index in [0.717, 1.165) is 43.5 Å². The molecule has 0 N–H and O–H groups in total. The maximum Gasteiger partial charge on any atom is 0.238 e. The molecule has 0 saturated carbocycles. The molecule has 3 heterocycles. The maximum atomic E-state index is 5.09. The molecule has 0 atom stereocenters. The van der Waals surface area contributed by atoms with E-state index >= 15 is 0 Å². The van der Waals surface area contributed by atoms with Gasteiger partial charge in [-0.15, -0.1) is 11.3 Å². The lowest BCUT2D eigenvalue weighted by Gasteiger charge is -2.11. The predicted octanol–water partition coefficient (Wildman–Crippen LogP) is 8.58. The molecule has 0 amide bonds. The van der Waals surface area contributed by atoms with Crippen LogP contribution in [0.5, 0.6) is 0 Å². The third-order valence-corrected chi connectivity index (χ3v) is 8.01. The molecule has 40 heavy (non-hydrogen) atoms. The van der Waals surface area contributed by atoms with Gasteiger partial charge in [0.1, 0.15) is 0 Å². The fourth-order valence-corrected chi connectivity index (χ4v) is 6.04. The number of nitrogens with zero attached hydrogens (tertiary/aromatic N) is 5. The van der Waals surface area contributed by atoms with Gasteiger partial charge in [-0.05, 0) is 47.5 Å². The monoisotopic (exact) mass is 531 g/mol. The number of benzene rings is 5. The first-order valence-corrected chi connectivity index (χ1v) is 13.9. The smallest absolute Gasteiger partial charge is 0.238 e. The standard InChI is InChI=1S/C34H21N5S/c1-2-9-22(10-3-1)23-11-8-12-24(19-23)32-36-33(25-17-18-28-31(20-25)40-21-35-28)38-34(37-32)39-29-15-6-4-13-26(29)27-14-5-7-16-30(27)39/h1-21H. The highest BCUT2D eigenvalue weighted by molar-refractivity contribution is 7.16. The summed E-state index contributed by atoms with van der Waals surface area (Å²) >= 11 is 1.61. The lowest BCUT2D eigenvalue weighted by Crippen LogP contribution is -2.06. The first kappa shape index (κ1) is 22.8. The number of fused-ring (bicyclic) bond motifs is 4. The minimum Gasteiger partial charge on any atom is -0.278 e. The van der Waals surface area contributed by atoms with Crippen molar-refractivity contribution in [2.24, 2.45) is 0 Å². The summed E-state index contributed by atoms with van der Waals surface area (Å²) in [6, 6.07) is 41.8. The van der Waals surface area contributed by atoms with Crippen molar-refractivity contribution in [3.05, 3.63) is 127 Å². The highest BCUT2D eigenvalue weighted by Gasteiger charge is 2.18. The first-order valence-electron chi connectivity index (χ1n) is 13.1. The van der Waals surface area contributed by atoms with Crippen LogP contribution >= 0.6 is 11.3 Å². The van der Waals surface area contributed by atoms with Gasteiger partial charge in [0, 0.05) is 21.9 Å². The van der Waals surface area contributed by atoms with Crippen molar-refractivity contribution in [3.63, 3.8) is 0 Å². The third-order valence-electron chi connectivity index (χ3n) is 7.22. The van der Waals surface area contributed by atoms with Crippen molar-refractivity contribution >= 4 is 43.4 Å². The van der Waals surface area contributed by atoms with E-state index in [1.165, 1.54) is 10.8 Å². The summed E-state index contributed by atoms with van der Waals surface area (Å²) in [4.78, 5) is 19.6. The zero-order chi connectivity index (χ0) is 26.5. The Bertz CT molecular complexity index is 2130. The van der Waals surface area contributed by atoms with Crippen molar-refractivity contribution in [1.82, 2.24) is 24.5 Å². The molecule has 8 rings (SSSR count). The second-order valence-corrected chi connectivity index (χ2v) is 10.5. The van der Waals surface area contributed by atoms with Gasteiger partial charge in [0.15, 0.2) is 11.6 Å². The average Bonchev–Trinajstić information content (AvgIpc) is 3.64. The molecule has 0 spiro atoms.